The van der Waals surface area contributed by atoms with E-state index in [1.807, 2.05) is 13.8 Å². The van der Waals surface area contributed by atoms with Crippen LogP contribution in [-0.2, 0) is 16.6 Å². The van der Waals surface area contributed by atoms with Crippen molar-refractivity contribution >= 4 is 45.6 Å². The smallest absolute Gasteiger partial charge is 0.254 e. The third-order valence-corrected chi connectivity index (χ3v) is 10.6. The first-order chi connectivity index (χ1) is 20.9. The highest BCUT2D eigenvalue weighted by molar-refractivity contribution is 8.08. The molecule has 4 rings (SSSR count). The summed E-state index contributed by atoms with van der Waals surface area (Å²) < 4.78 is 27.7. The molecule has 0 aliphatic carbocycles. The molecule has 0 atom stereocenters. The summed E-state index contributed by atoms with van der Waals surface area (Å²) in [6, 6.07) is 11.3. The lowest BCUT2D eigenvalue weighted by molar-refractivity contribution is 0.0535. The number of rotatable bonds is 8. The minimum atomic E-state index is -3.84. The van der Waals surface area contributed by atoms with E-state index >= 15 is 0 Å². The average Bonchev–Trinajstić information content (AvgIpc) is 3.04. The zero-order valence-electron chi connectivity index (χ0n) is 25.7. The van der Waals surface area contributed by atoms with Crippen LogP contribution >= 0.6 is 11.9 Å². The largest absolute Gasteiger partial charge is 0.384 e. The Morgan fingerprint density at radius 2 is 1.27 bits per heavy atom. The standard InChI is InChI=1S/C27H37N9O4S2.C2H6/c1-32(41-2)42(39,40)23-16-19(18-33-7-9-36(10-8-33)27(30)31)15-22(17-23)26(38)35-13-11-34(12-14-35)25(37)21-5-3-20(4-6-21)24(28)29;1-2/h3-6,15-17H,7-14,18H2,1-2H3,(H3,28,29)(H3,30,31);1-2H3. The molecule has 0 bridgehead atoms. The van der Waals surface area contributed by atoms with Gasteiger partial charge in [0.1, 0.15) is 5.84 Å². The van der Waals surface area contributed by atoms with Crippen molar-refractivity contribution in [2.24, 2.45) is 11.5 Å². The molecule has 0 radical (unpaired) electrons. The first-order valence-electron chi connectivity index (χ1n) is 14.4. The first kappa shape index (κ1) is 34.8. The molecule has 2 aliphatic heterocycles. The number of carbonyl (C=O) groups excluding carboxylic acids is 2. The summed E-state index contributed by atoms with van der Waals surface area (Å²) in [5.74, 6) is -0.503. The normalized spacial score (nSPS) is 15.9. The van der Waals surface area contributed by atoms with Gasteiger partial charge in [0.05, 0.1) is 4.90 Å². The zero-order chi connectivity index (χ0) is 32.6. The second kappa shape index (κ2) is 15.4. The Labute approximate surface area is 264 Å². The maximum absolute atomic E-state index is 13.6. The van der Waals surface area contributed by atoms with Crippen LogP contribution in [0, 0.1) is 10.8 Å². The highest BCUT2D eigenvalue weighted by atomic mass is 32.3. The van der Waals surface area contributed by atoms with Crippen molar-refractivity contribution in [1.29, 1.82) is 10.8 Å². The van der Waals surface area contributed by atoms with Crippen LogP contribution in [0.15, 0.2) is 47.4 Å². The van der Waals surface area contributed by atoms with Gasteiger partial charge in [-0.25, -0.2) is 8.42 Å². The number of hydrogen-bond donors (Lipinski definition) is 4. The van der Waals surface area contributed by atoms with E-state index in [-0.39, 0.29) is 34.1 Å². The predicted octanol–water partition coefficient (Wildman–Crippen LogP) is 1.50. The van der Waals surface area contributed by atoms with Crippen LogP contribution in [0.1, 0.15) is 45.7 Å². The van der Waals surface area contributed by atoms with Gasteiger partial charge in [-0.05, 0) is 42.2 Å². The number of nitrogens with zero attached hydrogens (tertiary/aromatic N) is 5. The summed E-state index contributed by atoms with van der Waals surface area (Å²) in [7, 11) is -2.37. The Morgan fingerprint density at radius 3 is 1.75 bits per heavy atom. The van der Waals surface area contributed by atoms with Crippen LogP contribution in [0.25, 0.3) is 0 Å². The fourth-order valence-electron chi connectivity index (χ4n) is 4.95. The molecule has 0 saturated carbocycles. The number of amides is 2. The van der Waals surface area contributed by atoms with Gasteiger partial charge in [-0.2, -0.15) is 0 Å². The molecule has 2 aromatic carbocycles. The molecule has 15 heteroatoms. The van der Waals surface area contributed by atoms with Crippen LogP contribution in [0.4, 0.5) is 0 Å². The molecule has 2 aliphatic rings. The molecule has 240 valence electrons. The van der Waals surface area contributed by atoms with Crippen molar-refractivity contribution in [2.45, 2.75) is 25.3 Å². The van der Waals surface area contributed by atoms with Crippen LogP contribution in [-0.4, -0.2) is 121 Å². The van der Waals surface area contributed by atoms with E-state index in [2.05, 4.69) is 4.90 Å². The molecule has 0 aromatic heterocycles. The fourth-order valence-corrected chi connectivity index (χ4v) is 6.86. The quantitative estimate of drug-likeness (QED) is 0.188. The molecule has 0 unspecified atom stereocenters. The highest BCUT2D eigenvalue weighted by Gasteiger charge is 2.29. The Balaban J connectivity index is 0.00000259. The van der Waals surface area contributed by atoms with Crippen molar-refractivity contribution < 1.29 is 18.0 Å². The molecule has 0 spiro atoms. The molecule has 2 heterocycles. The molecular weight excluding hydrogens is 603 g/mol. The number of piperazine rings is 2. The van der Waals surface area contributed by atoms with Crippen molar-refractivity contribution in [1.82, 2.24) is 23.3 Å². The number of sulfonamides is 1. The van der Waals surface area contributed by atoms with Crippen LogP contribution in [0.2, 0.25) is 0 Å². The topological polar surface area (TPSA) is 184 Å². The van der Waals surface area contributed by atoms with Crippen LogP contribution < -0.4 is 11.5 Å². The number of carbonyl (C=O) groups is 2. The Hall–Kier alpha value is -3.66. The maximum atomic E-state index is 13.6. The molecule has 13 nitrogen and oxygen atoms in total. The Bertz CT molecular complexity index is 1450. The number of nitrogens with one attached hydrogen (secondary N) is 2. The minimum Gasteiger partial charge on any atom is -0.384 e. The lowest BCUT2D eigenvalue weighted by Gasteiger charge is -2.35. The Kier molecular flexibility index (Phi) is 12.2. The molecule has 2 fully saturated rings. The third kappa shape index (κ3) is 8.28. The molecule has 2 aromatic rings. The monoisotopic (exact) mass is 645 g/mol. The van der Waals surface area contributed by atoms with E-state index in [0.717, 1.165) is 11.9 Å². The van der Waals surface area contributed by atoms with Gasteiger partial charge in [-0.3, -0.25) is 25.3 Å². The number of nitrogen functional groups attached to an aromatic ring is 1. The average molecular weight is 646 g/mol. The van der Waals surface area contributed by atoms with Crippen molar-refractivity contribution in [3.8, 4) is 0 Å². The maximum Gasteiger partial charge on any atom is 0.254 e. The first-order valence-corrected chi connectivity index (χ1v) is 17.0. The van der Waals surface area contributed by atoms with Crippen LogP contribution in [0.3, 0.4) is 0 Å². The van der Waals surface area contributed by atoms with Gasteiger partial charge in [-0.1, -0.05) is 37.9 Å². The van der Waals surface area contributed by atoms with Gasteiger partial charge in [0.2, 0.25) is 0 Å². The van der Waals surface area contributed by atoms with Gasteiger partial charge in [0.25, 0.3) is 21.8 Å². The number of guanidine groups is 1. The third-order valence-electron chi connectivity index (χ3n) is 7.52. The number of nitrogens with two attached hydrogens (primary N) is 2. The summed E-state index contributed by atoms with van der Waals surface area (Å²) >= 11 is 1.06. The lowest BCUT2D eigenvalue weighted by atomic mass is 10.1. The Morgan fingerprint density at radius 1 is 0.795 bits per heavy atom. The summed E-state index contributed by atoms with van der Waals surface area (Å²) in [6.45, 7) is 8.22. The van der Waals surface area contributed by atoms with E-state index in [4.69, 9.17) is 22.3 Å². The van der Waals surface area contributed by atoms with Crippen LogP contribution in [0.5, 0.6) is 0 Å². The SMILES string of the molecule is CC.CSN(C)S(=O)(=O)c1cc(CN2CCN(C(=N)N)CC2)cc(C(=O)N2CCN(C(=O)c3ccc(C(=N)N)cc3)CC2)c1. The van der Waals surface area contributed by atoms with Gasteiger partial charge >= 0.3 is 0 Å². The van der Waals surface area contributed by atoms with Gasteiger partial charge in [0, 0.05) is 82.6 Å². The number of benzene rings is 2. The number of hydrogen-bond acceptors (Lipinski definition) is 8. The summed E-state index contributed by atoms with van der Waals surface area (Å²) in [5, 5.41) is 15.2. The van der Waals surface area contributed by atoms with Crippen molar-refractivity contribution in [3.05, 3.63) is 64.7 Å². The van der Waals surface area contributed by atoms with Crippen molar-refractivity contribution in [3.63, 3.8) is 0 Å². The highest BCUT2D eigenvalue weighted by Crippen LogP contribution is 2.24. The van der Waals surface area contributed by atoms with Gasteiger partial charge in [0.15, 0.2) is 5.96 Å². The second-order valence-electron chi connectivity index (χ2n) is 10.2. The van der Waals surface area contributed by atoms with E-state index < -0.39 is 10.0 Å². The zero-order valence-corrected chi connectivity index (χ0v) is 27.4. The summed E-state index contributed by atoms with van der Waals surface area (Å²) in [4.78, 5) is 33.9. The molecule has 2 amide bonds. The van der Waals surface area contributed by atoms with E-state index in [9.17, 15) is 18.0 Å². The van der Waals surface area contributed by atoms with E-state index in [0.29, 0.717) is 75.6 Å². The summed E-state index contributed by atoms with van der Waals surface area (Å²) in [5.41, 5.74) is 13.1. The lowest BCUT2D eigenvalue weighted by Crippen LogP contribution is -2.50. The predicted molar refractivity (Wildman–Crippen MR) is 174 cm³/mol. The van der Waals surface area contributed by atoms with Gasteiger partial charge in [-0.15, -0.1) is 3.71 Å². The van der Waals surface area contributed by atoms with E-state index in [1.54, 1.807) is 57.4 Å². The molecule has 44 heavy (non-hydrogen) atoms. The second-order valence-corrected chi connectivity index (χ2v) is 13.3. The molecule has 2 saturated heterocycles. The van der Waals surface area contributed by atoms with E-state index in [1.165, 1.54) is 16.8 Å². The molecule has 6 N–H and O–H groups in total. The van der Waals surface area contributed by atoms with Gasteiger partial charge < -0.3 is 26.2 Å². The summed E-state index contributed by atoms with van der Waals surface area (Å²) in [6.07, 6.45) is 1.67. The minimum absolute atomic E-state index is 0.0309. The fraction of sp³-hybridized carbons (Fsp3) is 0.448. The number of amidine groups is 1. The van der Waals surface area contributed by atoms with Crippen molar-refractivity contribution in [2.75, 3.05) is 65.7 Å². The molecular formula is C29H43N9O4S2.